The summed E-state index contributed by atoms with van der Waals surface area (Å²) in [6.07, 6.45) is 5.04. The maximum Gasteiger partial charge on any atom is 0.262 e. The number of nitrogens with zero attached hydrogens (tertiary/aromatic N) is 2. The second kappa shape index (κ2) is 8.95. The molecular formula is C21H23N3O3. The average molecular weight is 365 g/mol. The molecule has 6 heteroatoms. The van der Waals surface area contributed by atoms with E-state index in [0.717, 1.165) is 43.1 Å². The molecule has 140 valence electrons. The molecule has 1 saturated heterocycles. The van der Waals surface area contributed by atoms with E-state index in [4.69, 9.17) is 9.15 Å². The Bertz CT molecular complexity index is 840. The van der Waals surface area contributed by atoms with Gasteiger partial charge in [-0.15, -0.1) is 0 Å². The summed E-state index contributed by atoms with van der Waals surface area (Å²) in [6.45, 7) is 2.28. The van der Waals surface area contributed by atoms with Crippen LogP contribution < -0.4 is 15.0 Å². The first-order valence-corrected chi connectivity index (χ1v) is 9.07. The van der Waals surface area contributed by atoms with Gasteiger partial charge in [-0.25, -0.2) is 0 Å². The van der Waals surface area contributed by atoms with Crippen LogP contribution in [0.2, 0.25) is 0 Å². The molecular weight excluding hydrogens is 342 g/mol. The van der Waals surface area contributed by atoms with Gasteiger partial charge >= 0.3 is 0 Å². The van der Waals surface area contributed by atoms with E-state index in [0.29, 0.717) is 12.3 Å². The van der Waals surface area contributed by atoms with Gasteiger partial charge in [0.1, 0.15) is 23.2 Å². The number of carbonyl (C=O) groups excluding carboxylic acids is 1. The molecule has 1 fully saturated rings. The number of amides is 1. The maximum absolute atomic E-state index is 12.3. The Hall–Kier alpha value is -3.20. The Balaban J connectivity index is 1.62. The van der Waals surface area contributed by atoms with Crippen LogP contribution in [0.15, 0.2) is 46.4 Å². The number of ether oxygens (including phenoxy) is 1. The quantitative estimate of drug-likeness (QED) is 0.626. The lowest BCUT2D eigenvalue weighted by molar-refractivity contribution is -0.117. The summed E-state index contributed by atoms with van der Waals surface area (Å²) in [5.74, 6) is 1.62. The number of nitriles is 1. The lowest BCUT2D eigenvalue weighted by Gasteiger charge is -2.25. The number of piperidine rings is 1. The van der Waals surface area contributed by atoms with Crippen molar-refractivity contribution in [2.24, 2.45) is 0 Å². The van der Waals surface area contributed by atoms with E-state index >= 15 is 0 Å². The number of nitrogens with one attached hydrogen (secondary N) is 1. The molecule has 1 aromatic carbocycles. The van der Waals surface area contributed by atoms with Crippen molar-refractivity contribution in [2.75, 3.05) is 25.1 Å². The van der Waals surface area contributed by atoms with E-state index < -0.39 is 5.91 Å². The van der Waals surface area contributed by atoms with E-state index in [1.807, 2.05) is 36.4 Å². The van der Waals surface area contributed by atoms with Crippen molar-refractivity contribution in [3.05, 3.63) is 53.3 Å². The Kier molecular flexibility index (Phi) is 6.16. The lowest BCUT2D eigenvalue weighted by Crippen LogP contribution is -2.28. The second-order valence-corrected chi connectivity index (χ2v) is 6.42. The van der Waals surface area contributed by atoms with Gasteiger partial charge in [0.25, 0.3) is 5.91 Å². The number of benzene rings is 1. The summed E-state index contributed by atoms with van der Waals surface area (Å²) in [5, 5.41) is 12.1. The first kappa shape index (κ1) is 18.6. The van der Waals surface area contributed by atoms with Gasteiger partial charge in [0.05, 0.1) is 7.11 Å². The van der Waals surface area contributed by atoms with E-state index in [1.54, 1.807) is 13.2 Å². The van der Waals surface area contributed by atoms with Crippen LogP contribution in [0.4, 0.5) is 5.88 Å². The van der Waals surface area contributed by atoms with Gasteiger partial charge in [0.15, 0.2) is 5.88 Å². The molecule has 0 saturated carbocycles. The Labute approximate surface area is 159 Å². The third-order valence-electron chi connectivity index (χ3n) is 4.54. The Morgan fingerprint density at radius 3 is 2.63 bits per heavy atom. The highest BCUT2D eigenvalue weighted by molar-refractivity contribution is 6.01. The van der Waals surface area contributed by atoms with Gasteiger partial charge in [-0.1, -0.05) is 12.1 Å². The predicted molar refractivity (Wildman–Crippen MR) is 103 cm³/mol. The van der Waals surface area contributed by atoms with Crippen molar-refractivity contribution in [3.63, 3.8) is 0 Å². The van der Waals surface area contributed by atoms with Crippen molar-refractivity contribution in [2.45, 2.75) is 25.8 Å². The van der Waals surface area contributed by atoms with Gasteiger partial charge < -0.3 is 19.4 Å². The highest BCUT2D eigenvalue weighted by Crippen LogP contribution is 2.23. The number of carbonyl (C=O) groups is 1. The number of anilines is 1. The summed E-state index contributed by atoms with van der Waals surface area (Å²) < 4.78 is 10.9. The zero-order valence-electron chi connectivity index (χ0n) is 15.4. The van der Waals surface area contributed by atoms with Crippen LogP contribution in [0.25, 0.3) is 6.08 Å². The molecule has 0 spiro atoms. The fourth-order valence-electron chi connectivity index (χ4n) is 3.02. The summed E-state index contributed by atoms with van der Waals surface area (Å²) in [7, 11) is 1.60. The molecule has 27 heavy (non-hydrogen) atoms. The van der Waals surface area contributed by atoms with Crippen LogP contribution in [0.1, 0.15) is 30.6 Å². The van der Waals surface area contributed by atoms with Crippen LogP contribution in [-0.2, 0) is 11.3 Å². The third kappa shape index (κ3) is 4.91. The third-order valence-corrected chi connectivity index (χ3v) is 4.54. The number of hydrogen-bond donors (Lipinski definition) is 1. The molecule has 1 aliphatic rings. The Morgan fingerprint density at radius 1 is 1.22 bits per heavy atom. The van der Waals surface area contributed by atoms with E-state index in [2.05, 4.69) is 10.2 Å². The minimum atomic E-state index is -0.427. The molecule has 6 nitrogen and oxygen atoms in total. The van der Waals surface area contributed by atoms with Crippen LogP contribution in [-0.4, -0.2) is 26.1 Å². The van der Waals surface area contributed by atoms with Crippen LogP contribution >= 0.6 is 0 Å². The first-order chi connectivity index (χ1) is 13.2. The van der Waals surface area contributed by atoms with Gasteiger partial charge in [-0.3, -0.25) is 4.79 Å². The molecule has 3 rings (SSSR count). The molecule has 1 aromatic heterocycles. The van der Waals surface area contributed by atoms with Gasteiger partial charge in [-0.05, 0) is 43.0 Å². The monoisotopic (exact) mass is 365 g/mol. The molecule has 0 aliphatic carbocycles. The van der Waals surface area contributed by atoms with E-state index in [9.17, 15) is 10.1 Å². The van der Waals surface area contributed by atoms with E-state index in [-0.39, 0.29) is 5.57 Å². The van der Waals surface area contributed by atoms with Crippen molar-refractivity contribution >= 4 is 17.9 Å². The molecule has 0 radical (unpaired) electrons. The van der Waals surface area contributed by atoms with Crippen molar-refractivity contribution in [3.8, 4) is 11.8 Å². The van der Waals surface area contributed by atoms with Gasteiger partial charge in [-0.2, -0.15) is 5.26 Å². The van der Waals surface area contributed by atoms with E-state index in [1.165, 1.54) is 12.5 Å². The normalized spacial score (nSPS) is 14.5. The molecule has 0 atom stereocenters. The maximum atomic E-state index is 12.3. The van der Waals surface area contributed by atoms with Crippen LogP contribution in [0.3, 0.4) is 0 Å². The zero-order chi connectivity index (χ0) is 19.1. The average Bonchev–Trinajstić information content (AvgIpc) is 3.20. The second-order valence-electron chi connectivity index (χ2n) is 6.42. The number of rotatable bonds is 6. The minimum absolute atomic E-state index is 0.0167. The first-order valence-electron chi connectivity index (χ1n) is 9.07. The highest BCUT2D eigenvalue weighted by atomic mass is 16.5. The van der Waals surface area contributed by atoms with Gasteiger partial charge in [0, 0.05) is 31.8 Å². The molecule has 2 aromatic rings. The summed E-state index contributed by atoms with van der Waals surface area (Å²) >= 11 is 0. The molecule has 0 unspecified atom stereocenters. The smallest absolute Gasteiger partial charge is 0.262 e. The van der Waals surface area contributed by atoms with Crippen LogP contribution in [0.5, 0.6) is 5.75 Å². The molecule has 1 N–H and O–H groups in total. The number of methoxy groups -OCH3 is 1. The van der Waals surface area contributed by atoms with Crippen molar-refractivity contribution in [1.82, 2.24) is 5.32 Å². The van der Waals surface area contributed by atoms with Gasteiger partial charge in [0.2, 0.25) is 0 Å². The molecule has 0 bridgehead atoms. The van der Waals surface area contributed by atoms with Crippen molar-refractivity contribution in [1.29, 1.82) is 5.26 Å². The van der Waals surface area contributed by atoms with Crippen molar-refractivity contribution < 1.29 is 13.9 Å². The highest BCUT2D eigenvalue weighted by Gasteiger charge is 2.15. The largest absolute Gasteiger partial charge is 0.497 e. The predicted octanol–water partition coefficient (Wildman–Crippen LogP) is 3.50. The summed E-state index contributed by atoms with van der Waals surface area (Å²) in [6, 6.07) is 13.0. The number of furan rings is 1. The standard InChI is InChI=1S/C21H23N3O3/c1-26-18-7-5-16(6-8-18)15-23-21(25)17(14-22)13-19-9-10-20(27-19)24-11-3-2-4-12-24/h5-10,13H,2-4,11-12,15H2,1H3,(H,23,25)/b17-13+. The molecule has 2 heterocycles. The fraction of sp³-hybridized carbons (Fsp3) is 0.333. The summed E-state index contributed by atoms with van der Waals surface area (Å²) in [4.78, 5) is 14.5. The molecule has 1 aliphatic heterocycles. The Morgan fingerprint density at radius 2 is 1.96 bits per heavy atom. The number of hydrogen-bond acceptors (Lipinski definition) is 5. The SMILES string of the molecule is COc1ccc(CNC(=O)/C(C#N)=C/c2ccc(N3CCCCC3)o2)cc1. The zero-order valence-corrected chi connectivity index (χ0v) is 15.4. The lowest BCUT2D eigenvalue weighted by atomic mass is 10.1. The summed E-state index contributed by atoms with van der Waals surface area (Å²) in [5.41, 5.74) is 0.940. The fourth-order valence-corrected chi connectivity index (χ4v) is 3.02. The molecule has 1 amide bonds. The minimum Gasteiger partial charge on any atom is -0.497 e. The topological polar surface area (TPSA) is 78.5 Å². The van der Waals surface area contributed by atoms with Crippen LogP contribution in [0, 0.1) is 11.3 Å².